The fourth-order valence-corrected chi connectivity index (χ4v) is 1.15. The Balaban J connectivity index is 4.58. The van der Waals surface area contributed by atoms with Crippen molar-refractivity contribution >= 4 is 24.9 Å². The molecular weight excluding hydrogens is 266 g/mol. The van der Waals surface area contributed by atoms with E-state index < -0.39 is 43.0 Å². The third kappa shape index (κ3) is 4.88. The number of aldehydes is 1. The van der Waals surface area contributed by atoms with Crippen molar-refractivity contribution < 1.29 is 34.8 Å². The first-order valence-corrected chi connectivity index (χ1v) is 5.69. The lowest BCUT2D eigenvalue weighted by Gasteiger charge is -2.26. The first kappa shape index (κ1) is 17.3. The Labute approximate surface area is 109 Å². The van der Waals surface area contributed by atoms with Crippen LogP contribution in [0.15, 0.2) is 0 Å². The van der Waals surface area contributed by atoms with Gasteiger partial charge in [-0.15, -0.1) is 0 Å². The van der Waals surface area contributed by atoms with Gasteiger partial charge >= 0.3 is 5.97 Å². The first-order valence-electron chi connectivity index (χ1n) is 5.06. The van der Waals surface area contributed by atoms with Crippen LogP contribution in [0.3, 0.4) is 0 Å². The molecule has 6 N–H and O–H groups in total. The van der Waals surface area contributed by atoms with Gasteiger partial charge in [0.05, 0.1) is 6.61 Å². The summed E-state index contributed by atoms with van der Waals surface area (Å²) in [5, 5.41) is 36.5. The van der Waals surface area contributed by atoms with Gasteiger partial charge in [0.2, 0.25) is 0 Å². The van der Waals surface area contributed by atoms with Gasteiger partial charge in [-0.2, -0.15) is 12.6 Å². The molecule has 0 aromatic carbocycles. The minimum absolute atomic E-state index is 0.0255. The average Bonchev–Trinajstić information content (AvgIpc) is 2.40. The minimum Gasteiger partial charge on any atom is -0.451 e. The molecule has 9 heteroatoms. The molecule has 0 aliphatic heterocycles. The normalized spacial score (nSPS) is 19.4. The number of aliphatic hydroxyl groups excluding tert-OH is 4. The van der Waals surface area contributed by atoms with E-state index in [1.807, 2.05) is 0 Å². The van der Waals surface area contributed by atoms with Crippen LogP contribution >= 0.6 is 12.6 Å². The quantitative estimate of drug-likeness (QED) is 0.152. The maximum absolute atomic E-state index is 11.3. The molecule has 0 amide bonds. The van der Waals surface area contributed by atoms with Crippen molar-refractivity contribution in [2.75, 3.05) is 12.4 Å². The number of aliphatic hydroxyl groups is 4. The first-order chi connectivity index (χ1) is 8.38. The van der Waals surface area contributed by atoms with Crippen molar-refractivity contribution in [3.8, 4) is 0 Å². The van der Waals surface area contributed by atoms with Crippen molar-refractivity contribution in [2.24, 2.45) is 5.73 Å². The van der Waals surface area contributed by atoms with E-state index in [0.29, 0.717) is 0 Å². The summed E-state index contributed by atoms with van der Waals surface area (Å²) in [4.78, 5) is 21.9. The number of esters is 1. The Morgan fingerprint density at radius 3 is 2.28 bits per heavy atom. The molecule has 0 unspecified atom stereocenters. The second-order valence-corrected chi connectivity index (χ2v) is 3.92. The molecule has 5 atom stereocenters. The predicted octanol–water partition coefficient (Wildman–Crippen LogP) is -3.57. The standard InChI is InChI=1S/C9H17NO7S/c10-4(3-18)9(16)17-6(2-12)8(15)7(14)5(13)1-11/h2,4-8,11,13-15,18H,1,3,10H2/t4-,5+,6+,7+,8+/m0/s1. The highest BCUT2D eigenvalue weighted by atomic mass is 32.1. The topological polar surface area (TPSA) is 150 Å². The largest absolute Gasteiger partial charge is 0.451 e. The van der Waals surface area contributed by atoms with Crippen molar-refractivity contribution in [3.05, 3.63) is 0 Å². The van der Waals surface area contributed by atoms with E-state index in [1.54, 1.807) is 0 Å². The van der Waals surface area contributed by atoms with E-state index in [-0.39, 0.29) is 12.0 Å². The van der Waals surface area contributed by atoms with Gasteiger partial charge in [-0.3, -0.25) is 9.59 Å². The Bertz CT molecular complexity index is 278. The maximum atomic E-state index is 11.3. The van der Waals surface area contributed by atoms with Crippen molar-refractivity contribution in [3.63, 3.8) is 0 Å². The van der Waals surface area contributed by atoms with E-state index in [9.17, 15) is 19.8 Å². The van der Waals surface area contributed by atoms with Gasteiger partial charge in [0.25, 0.3) is 0 Å². The van der Waals surface area contributed by atoms with Gasteiger partial charge in [-0.1, -0.05) is 0 Å². The molecule has 0 heterocycles. The highest BCUT2D eigenvalue weighted by Gasteiger charge is 2.34. The highest BCUT2D eigenvalue weighted by Crippen LogP contribution is 2.08. The molecule has 106 valence electrons. The molecule has 0 spiro atoms. The molecule has 0 radical (unpaired) electrons. The van der Waals surface area contributed by atoms with Crippen LogP contribution in [0.4, 0.5) is 0 Å². The summed E-state index contributed by atoms with van der Waals surface area (Å²) in [5.41, 5.74) is 5.28. The molecule has 0 bridgehead atoms. The van der Waals surface area contributed by atoms with E-state index in [2.05, 4.69) is 17.4 Å². The summed E-state index contributed by atoms with van der Waals surface area (Å²) >= 11 is 3.75. The molecule has 0 aliphatic carbocycles. The van der Waals surface area contributed by atoms with Gasteiger partial charge in [-0.05, 0) is 0 Å². The molecular formula is C9H17NO7S. The zero-order valence-corrected chi connectivity index (χ0v) is 10.3. The van der Waals surface area contributed by atoms with E-state index in [4.69, 9.17) is 15.9 Å². The Morgan fingerprint density at radius 1 is 1.33 bits per heavy atom. The Morgan fingerprint density at radius 2 is 1.89 bits per heavy atom. The summed E-state index contributed by atoms with van der Waals surface area (Å²) in [6.45, 7) is -0.825. The van der Waals surface area contributed by atoms with Crippen molar-refractivity contribution in [1.29, 1.82) is 0 Å². The van der Waals surface area contributed by atoms with Crippen LogP contribution in [0, 0.1) is 0 Å². The minimum atomic E-state index is -1.87. The number of hydrogen-bond acceptors (Lipinski definition) is 9. The zero-order chi connectivity index (χ0) is 14.3. The highest BCUT2D eigenvalue weighted by molar-refractivity contribution is 7.80. The molecule has 0 rings (SSSR count). The number of rotatable bonds is 8. The monoisotopic (exact) mass is 283 g/mol. The molecule has 0 aromatic heterocycles. The van der Waals surface area contributed by atoms with Crippen LogP contribution in [0.1, 0.15) is 0 Å². The second-order valence-electron chi connectivity index (χ2n) is 3.56. The van der Waals surface area contributed by atoms with Crippen molar-refractivity contribution in [2.45, 2.75) is 30.5 Å². The summed E-state index contributed by atoms with van der Waals surface area (Å²) in [6.07, 6.45) is -6.99. The number of thiol groups is 1. The molecule has 0 saturated carbocycles. The molecule has 8 nitrogen and oxygen atoms in total. The summed E-state index contributed by atoms with van der Waals surface area (Å²) < 4.78 is 4.55. The smallest absolute Gasteiger partial charge is 0.324 e. The molecule has 0 saturated heterocycles. The van der Waals surface area contributed by atoms with Crippen LogP contribution in [-0.4, -0.2) is 75.5 Å². The summed E-state index contributed by atoms with van der Waals surface area (Å²) in [6, 6.07) is -1.08. The molecule has 0 fully saturated rings. The fourth-order valence-electron chi connectivity index (χ4n) is 1.00. The summed E-state index contributed by atoms with van der Waals surface area (Å²) in [7, 11) is 0. The van der Waals surface area contributed by atoms with E-state index >= 15 is 0 Å². The lowest BCUT2D eigenvalue weighted by molar-refractivity contribution is -0.168. The van der Waals surface area contributed by atoms with Gasteiger partial charge in [0.1, 0.15) is 24.4 Å². The van der Waals surface area contributed by atoms with Crippen LogP contribution < -0.4 is 5.73 Å². The SMILES string of the molecule is N[C@@H](CS)C(=O)O[C@H](C=O)[C@@H](O)[C@H](O)[C@H](O)CO. The number of carbonyl (C=O) groups is 2. The van der Waals surface area contributed by atoms with Crippen LogP contribution in [0.2, 0.25) is 0 Å². The third-order valence-corrected chi connectivity index (χ3v) is 2.55. The molecule has 0 aliphatic rings. The Hall–Kier alpha value is -0.710. The second kappa shape index (κ2) is 8.40. The average molecular weight is 283 g/mol. The maximum Gasteiger partial charge on any atom is 0.324 e. The van der Waals surface area contributed by atoms with E-state index in [1.165, 1.54) is 0 Å². The van der Waals surface area contributed by atoms with Crippen LogP contribution in [-0.2, 0) is 14.3 Å². The van der Waals surface area contributed by atoms with Crippen LogP contribution in [0.5, 0.6) is 0 Å². The molecule has 18 heavy (non-hydrogen) atoms. The zero-order valence-electron chi connectivity index (χ0n) is 9.42. The van der Waals surface area contributed by atoms with Gasteiger partial charge in [0, 0.05) is 5.75 Å². The number of nitrogens with two attached hydrogens (primary N) is 1. The Kier molecular flexibility index (Phi) is 8.07. The lowest BCUT2D eigenvalue weighted by atomic mass is 10.0. The predicted molar refractivity (Wildman–Crippen MR) is 62.9 cm³/mol. The van der Waals surface area contributed by atoms with E-state index in [0.717, 1.165) is 0 Å². The fraction of sp³-hybridized carbons (Fsp3) is 0.778. The van der Waals surface area contributed by atoms with Crippen molar-refractivity contribution in [1.82, 2.24) is 0 Å². The van der Waals surface area contributed by atoms with Crippen LogP contribution in [0.25, 0.3) is 0 Å². The number of carbonyl (C=O) groups excluding carboxylic acids is 2. The lowest BCUT2D eigenvalue weighted by Crippen LogP contribution is -2.49. The number of ether oxygens (including phenoxy) is 1. The number of hydrogen-bond donors (Lipinski definition) is 6. The summed E-state index contributed by atoms with van der Waals surface area (Å²) in [5.74, 6) is -1.01. The van der Waals surface area contributed by atoms with Gasteiger partial charge in [-0.25, -0.2) is 0 Å². The van der Waals surface area contributed by atoms with Gasteiger partial charge < -0.3 is 30.9 Å². The third-order valence-electron chi connectivity index (χ3n) is 2.15. The van der Waals surface area contributed by atoms with Gasteiger partial charge in [0.15, 0.2) is 12.4 Å². The molecule has 0 aromatic rings.